The molecule has 166 valence electrons. The van der Waals surface area contributed by atoms with Crippen molar-refractivity contribution in [3.63, 3.8) is 0 Å². The number of halogens is 3. The predicted octanol–water partition coefficient (Wildman–Crippen LogP) is 4.63. The Balaban J connectivity index is 1.62. The molecule has 1 saturated carbocycles. The van der Waals surface area contributed by atoms with Crippen molar-refractivity contribution < 1.29 is 14.3 Å². The molecule has 2 N–H and O–H groups in total. The summed E-state index contributed by atoms with van der Waals surface area (Å²) in [7, 11) is 0. The minimum absolute atomic E-state index is 0.00700. The van der Waals surface area contributed by atoms with E-state index in [0.29, 0.717) is 24.7 Å². The van der Waals surface area contributed by atoms with Gasteiger partial charge >= 0.3 is 5.97 Å². The third-order valence-corrected chi connectivity index (χ3v) is 6.66. The highest BCUT2D eigenvalue weighted by molar-refractivity contribution is 6.34. The molecule has 2 fully saturated rings. The number of hydrogen-bond acceptors (Lipinski definition) is 4. The summed E-state index contributed by atoms with van der Waals surface area (Å²) in [6, 6.07) is 8.82. The summed E-state index contributed by atoms with van der Waals surface area (Å²) in [5, 5.41) is 13.6. The predicted molar refractivity (Wildman–Crippen MR) is 123 cm³/mol. The lowest BCUT2D eigenvalue weighted by Gasteiger charge is -2.36. The van der Waals surface area contributed by atoms with E-state index in [1.807, 2.05) is 29.2 Å². The van der Waals surface area contributed by atoms with Crippen LogP contribution >= 0.6 is 23.2 Å². The number of carboxylic acids is 1. The highest BCUT2D eigenvalue weighted by Crippen LogP contribution is 2.41. The Morgan fingerprint density at radius 1 is 1.19 bits per heavy atom. The van der Waals surface area contributed by atoms with Crippen LogP contribution in [-0.4, -0.2) is 35.3 Å². The summed E-state index contributed by atoms with van der Waals surface area (Å²) < 4.78 is 17.6. The molecule has 0 bridgehead atoms. The van der Waals surface area contributed by atoms with Gasteiger partial charge in [-0.15, -0.1) is 0 Å². The smallest absolute Gasteiger partial charge is 0.341 e. The van der Waals surface area contributed by atoms with Crippen molar-refractivity contribution in [1.29, 1.82) is 0 Å². The lowest BCUT2D eigenvalue weighted by Crippen LogP contribution is -2.46. The Morgan fingerprint density at radius 3 is 2.56 bits per heavy atom. The number of benzene rings is 2. The topological polar surface area (TPSA) is 74.6 Å². The molecular formula is C23H20Cl2FN3O3. The zero-order valence-electron chi connectivity index (χ0n) is 16.9. The van der Waals surface area contributed by atoms with Crippen LogP contribution in [0.15, 0.2) is 41.3 Å². The number of fused-ring (bicyclic) bond motifs is 1. The third kappa shape index (κ3) is 3.64. The number of aromatic nitrogens is 1. The van der Waals surface area contributed by atoms with Gasteiger partial charge in [0.05, 0.1) is 21.6 Å². The largest absolute Gasteiger partial charge is 0.477 e. The fourth-order valence-corrected chi connectivity index (χ4v) is 4.82. The van der Waals surface area contributed by atoms with Crippen molar-refractivity contribution in [2.24, 2.45) is 0 Å². The molecule has 2 aromatic carbocycles. The maximum absolute atomic E-state index is 16.0. The van der Waals surface area contributed by atoms with E-state index in [1.165, 1.54) is 12.3 Å². The van der Waals surface area contributed by atoms with E-state index in [9.17, 15) is 14.7 Å². The number of nitrogens with one attached hydrogen (secondary N) is 1. The van der Waals surface area contributed by atoms with Crippen LogP contribution in [0.2, 0.25) is 10.0 Å². The SMILES string of the molecule is O=C(O)c1cn(C2CC2)c2c(F)c(N3CCNC(c4ccc(Cl)cc4)C3)c(Cl)cc2c1=O. The van der Waals surface area contributed by atoms with Crippen LogP contribution in [0.25, 0.3) is 10.9 Å². The minimum Gasteiger partial charge on any atom is -0.477 e. The van der Waals surface area contributed by atoms with Gasteiger partial charge in [-0.2, -0.15) is 0 Å². The van der Waals surface area contributed by atoms with Crippen LogP contribution in [0.1, 0.15) is 40.8 Å². The van der Waals surface area contributed by atoms with Crippen LogP contribution < -0.4 is 15.6 Å². The van der Waals surface area contributed by atoms with E-state index < -0.39 is 17.2 Å². The number of nitrogens with zero attached hydrogens (tertiary/aromatic N) is 2. The monoisotopic (exact) mass is 475 g/mol. The Bertz CT molecular complexity index is 1290. The van der Waals surface area contributed by atoms with Crippen LogP contribution in [0, 0.1) is 5.82 Å². The number of pyridine rings is 1. The van der Waals surface area contributed by atoms with Crippen LogP contribution in [-0.2, 0) is 0 Å². The van der Waals surface area contributed by atoms with Gasteiger partial charge in [-0.3, -0.25) is 4.79 Å². The summed E-state index contributed by atoms with van der Waals surface area (Å²) >= 11 is 12.5. The van der Waals surface area contributed by atoms with Crippen LogP contribution in [0.5, 0.6) is 0 Å². The highest BCUT2D eigenvalue weighted by atomic mass is 35.5. The van der Waals surface area contributed by atoms with Gasteiger partial charge < -0.3 is 19.9 Å². The van der Waals surface area contributed by atoms with Crippen LogP contribution in [0.4, 0.5) is 10.1 Å². The van der Waals surface area contributed by atoms with Gasteiger partial charge in [-0.1, -0.05) is 35.3 Å². The molecule has 1 unspecified atom stereocenters. The molecule has 1 aliphatic carbocycles. The Kier molecular flexibility index (Phi) is 5.35. The molecule has 2 aliphatic rings. The molecule has 1 aromatic heterocycles. The first-order chi connectivity index (χ1) is 15.3. The van der Waals surface area contributed by atoms with E-state index in [4.69, 9.17) is 23.2 Å². The summed E-state index contributed by atoms with van der Waals surface area (Å²) in [6.45, 7) is 1.63. The molecule has 5 rings (SSSR count). The molecular weight excluding hydrogens is 456 g/mol. The second-order valence-electron chi connectivity index (χ2n) is 8.24. The van der Waals surface area contributed by atoms with Crippen molar-refractivity contribution in [2.75, 3.05) is 24.5 Å². The van der Waals surface area contributed by atoms with E-state index in [2.05, 4.69) is 5.32 Å². The number of piperazine rings is 1. The maximum atomic E-state index is 16.0. The molecule has 0 radical (unpaired) electrons. The molecule has 1 atom stereocenters. The van der Waals surface area contributed by atoms with Crippen molar-refractivity contribution in [3.8, 4) is 0 Å². The van der Waals surface area contributed by atoms with Crippen molar-refractivity contribution >= 4 is 45.8 Å². The van der Waals surface area contributed by atoms with Gasteiger partial charge in [0.1, 0.15) is 5.56 Å². The van der Waals surface area contributed by atoms with Crippen molar-refractivity contribution in [1.82, 2.24) is 9.88 Å². The maximum Gasteiger partial charge on any atom is 0.341 e. The normalized spacial score (nSPS) is 18.8. The van der Waals surface area contributed by atoms with Gasteiger partial charge in [0.2, 0.25) is 5.43 Å². The molecule has 32 heavy (non-hydrogen) atoms. The molecule has 0 spiro atoms. The second-order valence-corrected chi connectivity index (χ2v) is 9.08. The van der Waals surface area contributed by atoms with Gasteiger partial charge in [-0.25, -0.2) is 9.18 Å². The Labute approximate surface area is 193 Å². The van der Waals surface area contributed by atoms with E-state index in [-0.39, 0.29) is 39.3 Å². The summed E-state index contributed by atoms with van der Waals surface area (Å²) in [4.78, 5) is 26.2. The standard InChI is InChI=1S/C23H20Cl2FN3O3/c24-13-3-1-12(2-4-13)18-11-28(8-7-27-18)21-17(25)9-15-20(19(21)26)29(14-5-6-14)10-16(22(15)30)23(31)32/h1-4,9-10,14,18,27H,5-8,11H2,(H,31,32). The lowest BCUT2D eigenvalue weighted by molar-refractivity contribution is 0.0695. The molecule has 0 amide bonds. The molecule has 1 aliphatic heterocycles. The van der Waals surface area contributed by atoms with Gasteiger partial charge in [0.25, 0.3) is 0 Å². The van der Waals surface area contributed by atoms with E-state index in [1.54, 1.807) is 4.57 Å². The summed E-state index contributed by atoms with van der Waals surface area (Å²) in [6.07, 6.45) is 2.88. The summed E-state index contributed by atoms with van der Waals surface area (Å²) in [5.41, 5.74) is 0.270. The van der Waals surface area contributed by atoms with Crippen molar-refractivity contribution in [2.45, 2.75) is 24.9 Å². The molecule has 6 nitrogen and oxygen atoms in total. The van der Waals surface area contributed by atoms with E-state index >= 15 is 4.39 Å². The van der Waals surface area contributed by atoms with Gasteiger partial charge in [0, 0.05) is 42.9 Å². The first-order valence-corrected chi connectivity index (χ1v) is 11.1. The minimum atomic E-state index is -1.33. The highest BCUT2D eigenvalue weighted by Gasteiger charge is 2.32. The molecule has 9 heteroatoms. The summed E-state index contributed by atoms with van der Waals surface area (Å²) in [5.74, 6) is -1.93. The quantitative estimate of drug-likeness (QED) is 0.575. The fourth-order valence-electron chi connectivity index (χ4n) is 4.39. The van der Waals surface area contributed by atoms with Gasteiger partial charge in [-0.05, 0) is 36.6 Å². The number of rotatable bonds is 4. The average molecular weight is 476 g/mol. The van der Waals surface area contributed by atoms with E-state index in [0.717, 1.165) is 18.4 Å². The number of aromatic carboxylic acids is 1. The molecule has 1 saturated heterocycles. The van der Waals surface area contributed by atoms with Crippen molar-refractivity contribution in [3.05, 3.63) is 73.7 Å². The lowest BCUT2D eigenvalue weighted by atomic mass is 10.0. The Morgan fingerprint density at radius 2 is 1.91 bits per heavy atom. The first kappa shape index (κ1) is 21.2. The Hall–Kier alpha value is -2.61. The number of carbonyl (C=O) groups is 1. The number of anilines is 1. The zero-order chi connectivity index (χ0) is 22.6. The molecule has 2 heterocycles. The fraction of sp³-hybridized carbons (Fsp3) is 0.304. The molecule has 3 aromatic rings. The average Bonchev–Trinajstić information content (AvgIpc) is 3.60. The van der Waals surface area contributed by atoms with Gasteiger partial charge in [0.15, 0.2) is 5.82 Å². The first-order valence-electron chi connectivity index (χ1n) is 10.4. The van der Waals surface area contributed by atoms with Crippen LogP contribution in [0.3, 0.4) is 0 Å². The number of hydrogen-bond donors (Lipinski definition) is 2. The second kappa shape index (κ2) is 8.06. The number of carboxylic acid groups (broad SMARTS) is 1. The zero-order valence-corrected chi connectivity index (χ0v) is 18.5. The third-order valence-electron chi connectivity index (χ3n) is 6.12.